The van der Waals surface area contributed by atoms with Crippen molar-refractivity contribution in [3.63, 3.8) is 0 Å². The van der Waals surface area contributed by atoms with Crippen molar-refractivity contribution in [2.75, 3.05) is 19.0 Å². The summed E-state index contributed by atoms with van der Waals surface area (Å²) in [4.78, 5) is 15.8. The van der Waals surface area contributed by atoms with Gasteiger partial charge in [0, 0.05) is 20.7 Å². The Morgan fingerprint density at radius 2 is 2.03 bits per heavy atom. The molecule has 10 nitrogen and oxygen atoms in total. The topological polar surface area (TPSA) is 124 Å². The maximum absolute atomic E-state index is 11.5. The molecule has 0 spiro atoms. The highest BCUT2D eigenvalue weighted by Gasteiger charge is 2.19. The van der Waals surface area contributed by atoms with Gasteiger partial charge >= 0.3 is 5.97 Å². The lowest BCUT2D eigenvalue weighted by Crippen LogP contribution is -2.22. The van der Waals surface area contributed by atoms with Gasteiger partial charge < -0.3 is 19.9 Å². The first-order valence-electron chi connectivity index (χ1n) is 9.86. The van der Waals surface area contributed by atoms with E-state index in [2.05, 4.69) is 45.2 Å². The van der Waals surface area contributed by atoms with Crippen molar-refractivity contribution in [1.29, 1.82) is 0 Å². The molecule has 0 aliphatic carbocycles. The van der Waals surface area contributed by atoms with E-state index in [4.69, 9.17) is 21.1 Å². The molecule has 3 aromatic rings. The van der Waals surface area contributed by atoms with Gasteiger partial charge in [0.05, 0.1) is 24.0 Å². The van der Waals surface area contributed by atoms with Gasteiger partial charge in [-0.25, -0.2) is 14.5 Å². The summed E-state index contributed by atoms with van der Waals surface area (Å²) in [6, 6.07) is 7.78. The first-order valence-corrected chi connectivity index (χ1v) is 13.9. The largest absolute Gasteiger partial charge is 0.494 e. The number of halogens is 1. The van der Waals surface area contributed by atoms with Crippen molar-refractivity contribution >= 4 is 37.0 Å². The third kappa shape index (κ3) is 6.02. The molecular formula is C20H25ClN6O4Si. The van der Waals surface area contributed by atoms with Crippen molar-refractivity contribution in [2.45, 2.75) is 32.4 Å². The van der Waals surface area contributed by atoms with Crippen LogP contribution < -0.4 is 10.1 Å². The van der Waals surface area contributed by atoms with Crippen molar-refractivity contribution in [3.05, 3.63) is 41.4 Å². The molecule has 12 heteroatoms. The predicted molar refractivity (Wildman–Crippen MR) is 123 cm³/mol. The number of carbonyl (C=O) groups is 1. The minimum atomic E-state index is -1.23. The molecule has 0 atom stereocenters. The van der Waals surface area contributed by atoms with Crippen LogP contribution in [0.4, 0.5) is 11.4 Å². The number of para-hydroxylation sites is 1. The SMILES string of the molecule is COc1c(Nc2cc(Cl)nnc2C(=O)O)cccc1-c1ncn(COCC[Si](C)(C)C)n1. The number of ether oxygens (including phenoxy) is 2. The molecule has 0 radical (unpaired) electrons. The molecule has 0 saturated heterocycles. The summed E-state index contributed by atoms with van der Waals surface area (Å²) in [5.74, 6) is -0.348. The number of aromatic carboxylic acids is 1. The summed E-state index contributed by atoms with van der Waals surface area (Å²) in [6.45, 7) is 7.88. The number of rotatable bonds is 10. The van der Waals surface area contributed by atoms with E-state index in [0.717, 1.165) is 6.04 Å². The lowest BCUT2D eigenvalue weighted by Gasteiger charge is -2.15. The van der Waals surface area contributed by atoms with E-state index in [1.54, 1.807) is 23.1 Å². The lowest BCUT2D eigenvalue weighted by atomic mass is 10.1. The fourth-order valence-electron chi connectivity index (χ4n) is 2.81. The van der Waals surface area contributed by atoms with Crippen LogP contribution in [0.2, 0.25) is 30.8 Å². The number of anilines is 2. The molecule has 1 aromatic carbocycles. The van der Waals surface area contributed by atoms with Crippen molar-refractivity contribution in [2.24, 2.45) is 0 Å². The van der Waals surface area contributed by atoms with Gasteiger partial charge in [0.2, 0.25) is 0 Å². The van der Waals surface area contributed by atoms with Gasteiger partial charge in [-0.15, -0.1) is 15.3 Å². The molecule has 0 saturated carbocycles. The maximum atomic E-state index is 11.5. The lowest BCUT2D eigenvalue weighted by molar-refractivity contribution is 0.0690. The van der Waals surface area contributed by atoms with Crippen LogP contribution >= 0.6 is 11.6 Å². The molecule has 0 unspecified atom stereocenters. The summed E-state index contributed by atoms with van der Waals surface area (Å²) < 4.78 is 12.9. The van der Waals surface area contributed by atoms with E-state index in [-0.39, 0.29) is 16.5 Å². The summed E-state index contributed by atoms with van der Waals surface area (Å²) in [6.07, 6.45) is 1.60. The van der Waals surface area contributed by atoms with Crippen LogP contribution in [0.3, 0.4) is 0 Å². The van der Waals surface area contributed by atoms with E-state index >= 15 is 0 Å². The van der Waals surface area contributed by atoms with E-state index in [0.29, 0.717) is 36.2 Å². The number of nitrogens with zero attached hydrogens (tertiary/aromatic N) is 5. The second-order valence-electron chi connectivity index (χ2n) is 8.20. The zero-order chi connectivity index (χ0) is 23.3. The fourth-order valence-corrected chi connectivity index (χ4v) is 3.72. The van der Waals surface area contributed by atoms with Gasteiger partial charge in [-0.3, -0.25) is 0 Å². The number of hydrogen-bond donors (Lipinski definition) is 2. The summed E-state index contributed by atoms with van der Waals surface area (Å²) in [7, 11) is 0.355. The molecule has 0 fully saturated rings. The molecule has 0 aliphatic heterocycles. The quantitative estimate of drug-likeness (QED) is 0.328. The Morgan fingerprint density at radius 3 is 2.72 bits per heavy atom. The Balaban J connectivity index is 1.82. The minimum absolute atomic E-state index is 0.0576. The molecule has 0 aliphatic rings. The first kappa shape index (κ1) is 23.6. The van der Waals surface area contributed by atoms with Gasteiger partial charge in [0.1, 0.15) is 13.1 Å². The molecule has 2 N–H and O–H groups in total. The third-order valence-corrected chi connectivity index (χ3v) is 6.34. The molecular weight excluding hydrogens is 452 g/mol. The Bertz CT molecular complexity index is 1100. The average Bonchev–Trinajstić information content (AvgIpc) is 3.19. The number of carboxylic acid groups (broad SMARTS) is 1. The number of benzene rings is 1. The number of nitrogens with one attached hydrogen (secondary N) is 1. The van der Waals surface area contributed by atoms with Crippen LogP contribution in [-0.2, 0) is 11.5 Å². The molecule has 3 rings (SSSR count). The highest BCUT2D eigenvalue weighted by atomic mass is 35.5. The maximum Gasteiger partial charge on any atom is 0.358 e. The average molecular weight is 477 g/mol. The molecule has 0 amide bonds. The van der Waals surface area contributed by atoms with Gasteiger partial charge in [-0.2, -0.15) is 0 Å². The highest BCUT2D eigenvalue weighted by molar-refractivity contribution is 6.76. The zero-order valence-corrected chi connectivity index (χ0v) is 20.0. The Kier molecular flexibility index (Phi) is 7.43. The van der Waals surface area contributed by atoms with Crippen LogP contribution in [0.1, 0.15) is 10.5 Å². The Hall–Kier alpha value is -3.02. The normalized spacial score (nSPS) is 11.4. The van der Waals surface area contributed by atoms with E-state index in [1.807, 2.05) is 6.07 Å². The standard InChI is InChI=1S/C20H25ClN6O4Si/c1-30-18-13(19-22-11-27(26-19)12-31-8-9-32(2,3)4)6-5-7-14(18)23-15-10-16(21)24-25-17(15)20(28)29/h5-7,10-11H,8-9,12H2,1-4H3,(H,23,24)(H,28,29). The predicted octanol–water partition coefficient (Wildman–Crippen LogP) is 4.15. The molecule has 32 heavy (non-hydrogen) atoms. The monoisotopic (exact) mass is 476 g/mol. The number of hydrogen-bond acceptors (Lipinski definition) is 8. The van der Waals surface area contributed by atoms with Gasteiger partial charge in [0.15, 0.2) is 22.4 Å². The van der Waals surface area contributed by atoms with Crippen molar-refractivity contribution < 1.29 is 19.4 Å². The number of methoxy groups -OCH3 is 1. The van der Waals surface area contributed by atoms with Crippen molar-refractivity contribution in [3.8, 4) is 17.1 Å². The van der Waals surface area contributed by atoms with Gasteiger partial charge in [-0.05, 0) is 18.2 Å². The highest BCUT2D eigenvalue weighted by Crippen LogP contribution is 2.37. The van der Waals surface area contributed by atoms with E-state index in [9.17, 15) is 9.90 Å². The second kappa shape index (κ2) is 10.1. The number of carboxylic acids is 1. The molecule has 2 aromatic heterocycles. The van der Waals surface area contributed by atoms with Crippen LogP contribution in [0.5, 0.6) is 5.75 Å². The zero-order valence-electron chi connectivity index (χ0n) is 18.3. The summed E-state index contributed by atoms with van der Waals surface area (Å²) >= 11 is 5.90. The van der Waals surface area contributed by atoms with E-state index in [1.165, 1.54) is 13.2 Å². The van der Waals surface area contributed by atoms with Crippen LogP contribution in [0.25, 0.3) is 11.4 Å². The molecule has 0 bridgehead atoms. The summed E-state index contributed by atoms with van der Waals surface area (Å²) in [5.41, 5.74) is 1.05. The molecule has 2 heterocycles. The Labute approximate surface area is 191 Å². The van der Waals surface area contributed by atoms with Crippen LogP contribution in [-0.4, -0.2) is 57.8 Å². The third-order valence-electron chi connectivity index (χ3n) is 4.45. The fraction of sp³-hybridized carbons (Fsp3) is 0.350. The smallest absolute Gasteiger partial charge is 0.358 e. The molecule has 170 valence electrons. The minimum Gasteiger partial charge on any atom is -0.494 e. The number of aromatic nitrogens is 5. The van der Waals surface area contributed by atoms with Gasteiger partial charge in [0.25, 0.3) is 0 Å². The van der Waals surface area contributed by atoms with Gasteiger partial charge in [-0.1, -0.05) is 37.3 Å². The summed E-state index contributed by atoms with van der Waals surface area (Å²) in [5, 5.41) is 24.2. The van der Waals surface area contributed by atoms with Crippen molar-refractivity contribution in [1.82, 2.24) is 25.0 Å². The Morgan fingerprint density at radius 1 is 1.25 bits per heavy atom. The second-order valence-corrected chi connectivity index (χ2v) is 14.2. The van der Waals surface area contributed by atoms with Crippen LogP contribution in [0.15, 0.2) is 30.6 Å². The first-order chi connectivity index (χ1) is 15.2. The van der Waals surface area contributed by atoms with Crippen LogP contribution in [0, 0.1) is 0 Å². The van der Waals surface area contributed by atoms with E-state index < -0.39 is 14.0 Å².